The van der Waals surface area contributed by atoms with Gasteiger partial charge < -0.3 is 16.4 Å². The van der Waals surface area contributed by atoms with Crippen molar-refractivity contribution < 1.29 is 9.59 Å². The number of carbonyl (C=O) groups is 2. The van der Waals surface area contributed by atoms with Crippen LogP contribution in [0.5, 0.6) is 0 Å². The molecular weight excluding hydrogens is 268 g/mol. The molecule has 2 rings (SSSR count). The van der Waals surface area contributed by atoms with Gasteiger partial charge in [0, 0.05) is 23.6 Å². The van der Waals surface area contributed by atoms with Crippen molar-refractivity contribution >= 4 is 17.6 Å². The van der Waals surface area contributed by atoms with Gasteiger partial charge in [-0.3, -0.25) is 9.78 Å². The van der Waals surface area contributed by atoms with Crippen LogP contribution in [0.15, 0.2) is 48.8 Å². The highest BCUT2D eigenvalue weighted by molar-refractivity contribution is 5.96. The fourth-order valence-corrected chi connectivity index (χ4v) is 1.90. The first-order valence-corrected chi connectivity index (χ1v) is 6.43. The van der Waals surface area contributed by atoms with Crippen LogP contribution in [0.4, 0.5) is 10.5 Å². The van der Waals surface area contributed by atoms with Crippen LogP contribution in [0.2, 0.25) is 0 Å². The van der Waals surface area contributed by atoms with Gasteiger partial charge in [0.1, 0.15) is 0 Å². The van der Waals surface area contributed by atoms with E-state index >= 15 is 0 Å². The summed E-state index contributed by atoms with van der Waals surface area (Å²) < 4.78 is 0. The van der Waals surface area contributed by atoms with Crippen molar-refractivity contribution in [2.45, 2.75) is 13.0 Å². The van der Waals surface area contributed by atoms with Gasteiger partial charge in [0.25, 0.3) is 5.91 Å². The van der Waals surface area contributed by atoms with Crippen LogP contribution < -0.4 is 16.4 Å². The van der Waals surface area contributed by atoms with Crippen molar-refractivity contribution in [1.82, 2.24) is 10.3 Å². The molecule has 0 bridgehead atoms. The average molecular weight is 284 g/mol. The largest absolute Gasteiger partial charge is 0.351 e. The predicted molar refractivity (Wildman–Crippen MR) is 79.8 cm³/mol. The summed E-state index contributed by atoms with van der Waals surface area (Å²) in [6.45, 7) is 1.89. The Morgan fingerprint density at radius 3 is 2.57 bits per heavy atom. The number of hydrogen-bond acceptors (Lipinski definition) is 3. The summed E-state index contributed by atoms with van der Waals surface area (Å²) in [7, 11) is 0. The van der Waals surface area contributed by atoms with Crippen molar-refractivity contribution in [1.29, 1.82) is 0 Å². The lowest BCUT2D eigenvalue weighted by Crippen LogP contribution is -2.27. The number of aromatic nitrogens is 1. The van der Waals surface area contributed by atoms with Gasteiger partial charge in [0.2, 0.25) is 0 Å². The summed E-state index contributed by atoms with van der Waals surface area (Å²) in [6, 6.07) is 9.45. The Morgan fingerprint density at radius 2 is 1.90 bits per heavy atom. The summed E-state index contributed by atoms with van der Waals surface area (Å²) in [5.41, 5.74) is 6.94. The second kappa shape index (κ2) is 6.51. The van der Waals surface area contributed by atoms with E-state index in [-0.39, 0.29) is 11.9 Å². The number of rotatable bonds is 4. The number of hydrogen-bond donors (Lipinski definition) is 3. The third-order valence-corrected chi connectivity index (χ3v) is 2.95. The molecule has 0 aliphatic heterocycles. The Labute approximate surface area is 122 Å². The normalized spacial score (nSPS) is 11.5. The van der Waals surface area contributed by atoms with E-state index in [1.165, 1.54) is 0 Å². The van der Waals surface area contributed by atoms with Crippen LogP contribution in [0.3, 0.4) is 0 Å². The van der Waals surface area contributed by atoms with Gasteiger partial charge in [-0.25, -0.2) is 4.79 Å². The van der Waals surface area contributed by atoms with Crippen molar-refractivity contribution in [2.75, 3.05) is 5.32 Å². The molecule has 1 unspecified atom stereocenters. The number of benzene rings is 1. The van der Waals surface area contributed by atoms with Crippen LogP contribution in [0.1, 0.15) is 28.9 Å². The first-order chi connectivity index (χ1) is 10.1. The Morgan fingerprint density at radius 1 is 1.19 bits per heavy atom. The van der Waals surface area contributed by atoms with Crippen LogP contribution in [-0.4, -0.2) is 16.9 Å². The molecule has 1 aromatic carbocycles. The molecule has 1 heterocycles. The highest BCUT2D eigenvalue weighted by atomic mass is 16.2. The lowest BCUT2D eigenvalue weighted by molar-refractivity contribution is 0.0940. The van der Waals surface area contributed by atoms with E-state index in [9.17, 15) is 9.59 Å². The molecule has 3 amide bonds. The molecule has 0 aliphatic rings. The summed E-state index contributed by atoms with van der Waals surface area (Å²) in [6.07, 6.45) is 3.35. The topological polar surface area (TPSA) is 97.1 Å². The molecule has 0 saturated carbocycles. The lowest BCUT2D eigenvalue weighted by atomic mass is 10.1. The highest BCUT2D eigenvalue weighted by Gasteiger charge is 2.11. The zero-order valence-electron chi connectivity index (χ0n) is 11.5. The fraction of sp³-hybridized carbons (Fsp3) is 0.133. The van der Waals surface area contributed by atoms with Gasteiger partial charge in [-0.2, -0.15) is 0 Å². The van der Waals surface area contributed by atoms with Gasteiger partial charge >= 0.3 is 6.03 Å². The first-order valence-electron chi connectivity index (χ1n) is 6.43. The quantitative estimate of drug-likeness (QED) is 0.801. The number of anilines is 1. The van der Waals surface area contributed by atoms with Crippen molar-refractivity contribution in [2.24, 2.45) is 5.73 Å². The zero-order chi connectivity index (χ0) is 15.2. The van der Waals surface area contributed by atoms with E-state index < -0.39 is 6.03 Å². The molecule has 1 aromatic heterocycles. The number of nitrogens with two attached hydrogens (primary N) is 1. The second-order valence-electron chi connectivity index (χ2n) is 4.55. The van der Waals surface area contributed by atoms with E-state index in [1.54, 1.807) is 36.7 Å². The average Bonchev–Trinajstić information content (AvgIpc) is 2.47. The molecule has 0 spiro atoms. The molecule has 1 atom stereocenters. The number of nitrogens with zero attached hydrogens (tertiary/aromatic N) is 1. The number of pyridine rings is 1. The maximum atomic E-state index is 12.2. The van der Waals surface area contributed by atoms with Crippen molar-refractivity contribution in [3.63, 3.8) is 0 Å². The third kappa shape index (κ3) is 4.04. The monoisotopic (exact) mass is 284 g/mol. The molecule has 108 valence electrons. The van der Waals surface area contributed by atoms with Crippen LogP contribution in [0.25, 0.3) is 0 Å². The van der Waals surface area contributed by atoms with Crippen LogP contribution in [-0.2, 0) is 0 Å². The van der Waals surface area contributed by atoms with Crippen molar-refractivity contribution in [3.05, 3.63) is 59.9 Å². The van der Waals surface area contributed by atoms with Crippen molar-refractivity contribution in [3.8, 4) is 0 Å². The summed E-state index contributed by atoms with van der Waals surface area (Å²) >= 11 is 0. The van der Waals surface area contributed by atoms with Gasteiger partial charge in [0.15, 0.2) is 0 Å². The zero-order valence-corrected chi connectivity index (χ0v) is 11.5. The number of nitrogens with one attached hydrogen (secondary N) is 2. The summed E-state index contributed by atoms with van der Waals surface area (Å²) in [5, 5.41) is 5.32. The smallest absolute Gasteiger partial charge is 0.316 e. The van der Waals surface area contributed by atoms with Gasteiger partial charge in [0.05, 0.1) is 6.04 Å². The van der Waals surface area contributed by atoms with Gasteiger partial charge in [-0.05, 0) is 42.8 Å². The Hall–Kier alpha value is -2.89. The van der Waals surface area contributed by atoms with Crippen LogP contribution in [0, 0.1) is 0 Å². The molecule has 2 aromatic rings. The maximum absolute atomic E-state index is 12.2. The third-order valence-electron chi connectivity index (χ3n) is 2.95. The molecule has 6 heteroatoms. The number of amides is 3. The SMILES string of the molecule is CC(NC(=O)c1cccc(NC(N)=O)c1)c1ccncc1. The van der Waals surface area contributed by atoms with E-state index in [2.05, 4.69) is 15.6 Å². The molecule has 6 nitrogen and oxygen atoms in total. The Balaban J connectivity index is 2.08. The molecule has 0 aliphatic carbocycles. The second-order valence-corrected chi connectivity index (χ2v) is 4.55. The molecular formula is C15H16N4O2. The summed E-state index contributed by atoms with van der Waals surface area (Å²) in [5.74, 6) is -0.229. The lowest BCUT2D eigenvalue weighted by Gasteiger charge is -2.14. The standard InChI is InChI=1S/C15H16N4O2/c1-10(11-5-7-17-8-6-11)18-14(20)12-3-2-4-13(9-12)19-15(16)21/h2-10H,1H3,(H,18,20)(H3,16,19,21). The number of urea groups is 1. The Bertz CT molecular complexity index is 643. The molecule has 0 fully saturated rings. The van der Waals surface area contributed by atoms with Gasteiger partial charge in [-0.1, -0.05) is 6.07 Å². The fourth-order valence-electron chi connectivity index (χ4n) is 1.90. The summed E-state index contributed by atoms with van der Waals surface area (Å²) in [4.78, 5) is 27.0. The number of carbonyl (C=O) groups excluding carboxylic acids is 2. The minimum Gasteiger partial charge on any atom is -0.351 e. The maximum Gasteiger partial charge on any atom is 0.316 e. The highest BCUT2D eigenvalue weighted by Crippen LogP contribution is 2.14. The first kappa shape index (κ1) is 14.5. The van der Waals surface area contributed by atoms with E-state index in [4.69, 9.17) is 5.73 Å². The van der Waals surface area contributed by atoms with Gasteiger partial charge in [-0.15, -0.1) is 0 Å². The number of primary amides is 1. The van der Waals surface area contributed by atoms with Crippen LogP contribution >= 0.6 is 0 Å². The Kier molecular flexibility index (Phi) is 4.50. The van der Waals surface area contributed by atoms with E-state index in [1.807, 2.05) is 19.1 Å². The van der Waals surface area contributed by atoms with E-state index in [0.29, 0.717) is 11.3 Å². The molecule has 0 radical (unpaired) electrons. The molecule has 4 N–H and O–H groups in total. The molecule has 0 saturated heterocycles. The van der Waals surface area contributed by atoms with E-state index in [0.717, 1.165) is 5.56 Å². The minimum absolute atomic E-state index is 0.145. The predicted octanol–water partition coefficient (Wildman–Crippen LogP) is 2.06. The minimum atomic E-state index is -0.669. The molecule has 21 heavy (non-hydrogen) atoms.